The monoisotopic (exact) mass is 388 g/mol. The molecule has 0 radical (unpaired) electrons. The summed E-state index contributed by atoms with van der Waals surface area (Å²) in [5, 5.41) is 32.8. The first-order valence-electron chi connectivity index (χ1n) is 8.41. The Bertz CT molecular complexity index is 851. The van der Waals surface area contributed by atoms with E-state index in [0.29, 0.717) is 5.69 Å². The van der Waals surface area contributed by atoms with Crippen molar-refractivity contribution in [2.24, 2.45) is 0 Å². The zero-order valence-electron chi connectivity index (χ0n) is 15.9. The molecule has 0 spiro atoms. The summed E-state index contributed by atoms with van der Waals surface area (Å²) >= 11 is 0. The Hall–Kier alpha value is -3.24. The van der Waals surface area contributed by atoms with E-state index in [2.05, 4.69) is 20.6 Å². The Morgan fingerprint density at radius 1 is 1.43 bits per heavy atom. The first kappa shape index (κ1) is 21.1. The molecule has 0 fully saturated rings. The van der Waals surface area contributed by atoms with Crippen LogP contribution < -0.4 is 16.4 Å². The van der Waals surface area contributed by atoms with Gasteiger partial charge in [0.05, 0.1) is 36.3 Å². The summed E-state index contributed by atoms with van der Waals surface area (Å²) in [4.78, 5) is 20.7. The Morgan fingerprint density at radius 3 is 2.68 bits per heavy atom. The van der Waals surface area contributed by atoms with Gasteiger partial charge < -0.3 is 26.0 Å². The molecule has 7 N–H and O–H groups in total. The lowest BCUT2D eigenvalue weighted by Gasteiger charge is -2.29. The zero-order chi connectivity index (χ0) is 20.9. The Balaban J connectivity index is 2.24. The maximum atomic E-state index is 12.5. The molecule has 150 valence electrons. The number of hydrogen-bond acceptors (Lipinski definition) is 8. The highest BCUT2D eigenvalue weighted by Gasteiger charge is 2.31. The number of anilines is 2. The molecule has 2 heterocycles. The number of pyridine rings is 2. The number of amides is 2. The average Bonchev–Trinajstić information content (AvgIpc) is 2.64. The van der Waals surface area contributed by atoms with Crippen molar-refractivity contribution >= 4 is 23.4 Å². The first-order chi connectivity index (χ1) is 13.2. The molecule has 28 heavy (non-hydrogen) atoms. The van der Waals surface area contributed by atoms with E-state index in [0.717, 1.165) is 0 Å². The standard InChI is InChI=1S/C18H24N6O4/c1-18(2,27)15(11-6-4-5-7-21-11)24-17(26)23-13-8-10(19)14(16(20)28-3)12(9-25)22-13/h4-8,15,20,25,27H,9H2,1-3H3,(H4,19,22,23,24,26)/t15-/m0/s1. The molecule has 0 aromatic carbocycles. The maximum absolute atomic E-state index is 12.5. The van der Waals surface area contributed by atoms with Gasteiger partial charge >= 0.3 is 6.03 Å². The predicted molar refractivity (Wildman–Crippen MR) is 104 cm³/mol. The van der Waals surface area contributed by atoms with Crippen LogP contribution in [0.3, 0.4) is 0 Å². The third-order valence-electron chi connectivity index (χ3n) is 3.91. The number of ether oxygens (including phenoxy) is 1. The number of carbonyl (C=O) groups is 1. The van der Waals surface area contributed by atoms with E-state index in [-0.39, 0.29) is 28.7 Å². The molecule has 2 aromatic heterocycles. The maximum Gasteiger partial charge on any atom is 0.321 e. The van der Waals surface area contributed by atoms with Gasteiger partial charge in [-0.3, -0.25) is 15.7 Å². The molecular weight excluding hydrogens is 364 g/mol. The number of nitrogens with one attached hydrogen (secondary N) is 3. The molecule has 0 aliphatic heterocycles. The van der Waals surface area contributed by atoms with E-state index in [1.54, 1.807) is 38.2 Å². The molecule has 0 aliphatic carbocycles. The fourth-order valence-corrected chi connectivity index (χ4v) is 2.60. The number of nitrogen functional groups attached to an aromatic ring is 1. The summed E-state index contributed by atoms with van der Waals surface area (Å²) in [6.45, 7) is 2.61. The Kier molecular flexibility index (Phi) is 6.49. The first-order valence-corrected chi connectivity index (χ1v) is 8.41. The number of methoxy groups -OCH3 is 1. The number of aliphatic hydroxyl groups is 2. The lowest BCUT2D eigenvalue weighted by atomic mass is 9.95. The van der Waals surface area contributed by atoms with Gasteiger partial charge in [-0.1, -0.05) is 6.07 Å². The Labute approximate surface area is 162 Å². The summed E-state index contributed by atoms with van der Waals surface area (Å²) in [5.74, 6) is -0.176. The molecule has 1 atom stereocenters. The van der Waals surface area contributed by atoms with Crippen LogP contribution in [-0.2, 0) is 11.3 Å². The quantitative estimate of drug-likeness (QED) is 0.319. The molecule has 10 nitrogen and oxygen atoms in total. The minimum atomic E-state index is -1.29. The number of urea groups is 1. The van der Waals surface area contributed by atoms with Gasteiger partial charge in [0.1, 0.15) is 11.9 Å². The molecule has 0 aliphatic rings. The van der Waals surface area contributed by atoms with Crippen LogP contribution in [-0.4, -0.2) is 44.8 Å². The van der Waals surface area contributed by atoms with Crippen LogP contribution in [0.5, 0.6) is 0 Å². The highest BCUT2D eigenvalue weighted by Crippen LogP contribution is 2.25. The zero-order valence-corrected chi connectivity index (χ0v) is 15.9. The Morgan fingerprint density at radius 2 is 2.14 bits per heavy atom. The van der Waals surface area contributed by atoms with Crippen LogP contribution in [0.2, 0.25) is 0 Å². The van der Waals surface area contributed by atoms with E-state index in [1.807, 2.05) is 0 Å². The van der Waals surface area contributed by atoms with Gasteiger partial charge in [-0.15, -0.1) is 0 Å². The third-order valence-corrected chi connectivity index (χ3v) is 3.91. The van der Waals surface area contributed by atoms with Gasteiger partial charge in [-0.2, -0.15) is 0 Å². The smallest absolute Gasteiger partial charge is 0.321 e. The van der Waals surface area contributed by atoms with Crippen molar-refractivity contribution in [3.05, 3.63) is 47.4 Å². The number of aliphatic hydroxyl groups excluding tert-OH is 1. The van der Waals surface area contributed by atoms with Crippen LogP contribution in [0.1, 0.15) is 36.8 Å². The van der Waals surface area contributed by atoms with Crippen molar-refractivity contribution in [2.45, 2.75) is 32.1 Å². The average molecular weight is 388 g/mol. The summed E-state index contributed by atoms with van der Waals surface area (Å²) in [7, 11) is 1.30. The van der Waals surface area contributed by atoms with Crippen LogP contribution in [0.15, 0.2) is 30.5 Å². The van der Waals surface area contributed by atoms with E-state index >= 15 is 0 Å². The fourth-order valence-electron chi connectivity index (χ4n) is 2.60. The van der Waals surface area contributed by atoms with Crippen molar-refractivity contribution in [2.75, 3.05) is 18.2 Å². The van der Waals surface area contributed by atoms with Crippen molar-refractivity contribution in [1.82, 2.24) is 15.3 Å². The molecule has 0 saturated carbocycles. The summed E-state index contributed by atoms with van der Waals surface area (Å²) in [5.41, 5.74) is 5.47. The second kappa shape index (κ2) is 8.63. The number of nitrogens with zero attached hydrogens (tertiary/aromatic N) is 2. The molecule has 10 heteroatoms. The molecule has 0 unspecified atom stereocenters. The SMILES string of the molecule is COC(=N)c1c(N)cc(NC(=O)N[C@@H](c2ccccn2)C(C)(C)O)nc1CO. The van der Waals surface area contributed by atoms with Crippen molar-refractivity contribution in [1.29, 1.82) is 5.41 Å². The van der Waals surface area contributed by atoms with Crippen LogP contribution in [0, 0.1) is 5.41 Å². The van der Waals surface area contributed by atoms with Crippen molar-refractivity contribution < 1.29 is 19.7 Å². The van der Waals surface area contributed by atoms with Gasteiger partial charge in [0.2, 0.25) is 5.90 Å². The van der Waals surface area contributed by atoms with Gasteiger partial charge in [0.25, 0.3) is 0 Å². The highest BCUT2D eigenvalue weighted by molar-refractivity contribution is 5.99. The molecule has 0 saturated heterocycles. The number of hydrogen-bond donors (Lipinski definition) is 6. The highest BCUT2D eigenvalue weighted by atomic mass is 16.5. The van der Waals surface area contributed by atoms with Gasteiger partial charge in [0.15, 0.2) is 0 Å². The number of nitrogens with two attached hydrogens (primary N) is 1. The van der Waals surface area contributed by atoms with Gasteiger partial charge in [-0.25, -0.2) is 9.78 Å². The van der Waals surface area contributed by atoms with E-state index in [9.17, 15) is 15.0 Å². The molecule has 2 amide bonds. The number of rotatable bonds is 6. The molecule has 0 bridgehead atoms. The lowest BCUT2D eigenvalue weighted by Crippen LogP contribution is -2.44. The molecule has 2 rings (SSSR count). The second-order valence-electron chi connectivity index (χ2n) is 6.55. The molecule has 2 aromatic rings. The van der Waals surface area contributed by atoms with Gasteiger partial charge in [-0.05, 0) is 26.0 Å². The summed E-state index contributed by atoms with van der Waals surface area (Å²) in [6, 6.07) is 5.08. The lowest BCUT2D eigenvalue weighted by molar-refractivity contribution is 0.0400. The minimum Gasteiger partial charge on any atom is -0.481 e. The summed E-state index contributed by atoms with van der Waals surface area (Å²) in [6.07, 6.45) is 1.56. The molecular formula is C18H24N6O4. The van der Waals surface area contributed by atoms with Crippen LogP contribution in [0.4, 0.5) is 16.3 Å². The number of carbonyl (C=O) groups excluding carboxylic acids is 1. The number of aromatic nitrogens is 2. The van der Waals surface area contributed by atoms with Crippen LogP contribution in [0.25, 0.3) is 0 Å². The second-order valence-corrected chi connectivity index (χ2v) is 6.55. The summed E-state index contributed by atoms with van der Waals surface area (Å²) < 4.78 is 4.84. The largest absolute Gasteiger partial charge is 0.481 e. The normalized spacial score (nSPS) is 12.2. The van der Waals surface area contributed by atoms with Gasteiger partial charge in [0, 0.05) is 18.0 Å². The van der Waals surface area contributed by atoms with E-state index in [1.165, 1.54) is 13.2 Å². The van der Waals surface area contributed by atoms with E-state index < -0.39 is 24.3 Å². The van der Waals surface area contributed by atoms with Crippen molar-refractivity contribution in [3.63, 3.8) is 0 Å². The van der Waals surface area contributed by atoms with Crippen LogP contribution >= 0.6 is 0 Å². The fraction of sp³-hybridized carbons (Fsp3) is 0.333. The minimum absolute atomic E-state index is 0.0715. The predicted octanol–water partition coefficient (Wildman–Crippen LogP) is 1.16. The topological polar surface area (TPSA) is 166 Å². The third kappa shape index (κ3) is 4.93. The van der Waals surface area contributed by atoms with E-state index in [4.69, 9.17) is 15.9 Å². The van der Waals surface area contributed by atoms with Crippen molar-refractivity contribution in [3.8, 4) is 0 Å².